The van der Waals surface area contributed by atoms with Gasteiger partial charge in [-0.3, -0.25) is 4.99 Å². The van der Waals surface area contributed by atoms with Crippen molar-refractivity contribution < 1.29 is 5.11 Å². The molecule has 0 unspecified atom stereocenters. The van der Waals surface area contributed by atoms with Crippen molar-refractivity contribution in [3.8, 4) is 5.75 Å². The first-order valence-electron chi connectivity index (χ1n) is 11.0. The van der Waals surface area contributed by atoms with Crippen molar-refractivity contribution in [3.63, 3.8) is 0 Å². The summed E-state index contributed by atoms with van der Waals surface area (Å²) in [7, 11) is 0. The fraction of sp³-hybridized carbons (Fsp3) is 0.519. The van der Waals surface area contributed by atoms with Crippen molar-refractivity contribution in [2.45, 2.75) is 78.7 Å². The second-order valence-electron chi connectivity index (χ2n) is 10.3. The number of phenols is 1. The van der Waals surface area contributed by atoms with Crippen molar-refractivity contribution in [3.05, 3.63) is 64.7 Å². The molecule has 2 heteroatoms. The van der Waals surface area contributed by atoms with E-state index in [2.05, 4.69) is 77.9 Å². The predicted molar refractivity (Wildman–Crippen MR) is 124 cm³/mol. The summed E-state index contributed by atoms with van der Waals surface area (Å²) in [6.07, 6.45) is 6.72. The fourth-order valence-corrected chi connectivity index (χ4v) is 4.66. The molecule has 0 aromatic heterocycles. The molecule has 29 heavy (non-hydrogen) atoms. The number of nitrogens with zero attached hydrogens (tertiary/aromatic N) is 1. The Morgan fingerprint density at radius 2 is 1.52 bits per heavy atom. The Hall–Kier alpha value is -2.09. The van der Waals surface area contributed by atoms with Gasteiger partial charge in [0, 0.05) is 28.8 Å². The van der Waals surface area contributed by atoms with Gasteiger partial charge in [0.1, 0.15) is 5.75 Å². The number of hydrogen-bond acceptors (Lipinski definition) is 2. The van der Waals surface area contributed by atoms with E-state index in [4.69, 9.17) is 4.99 Å². The normalized spacial score (nSPS) is 20.9. The van der Waals surface area contributed by atoms with Gasteiger partial charge in [0.05, 0.1) is 0 Å². The molecule has 0 saturated heterocycles. The van der Waals surface area contributed by atoms with Crippen LogP contribution in [0, 0.1) is 18.3 Å². The topological polar surface area (TPSA) is 32.6 Å². The third-order valence-corrected chi connectivity index (χ3v) is 6.94. The molecule has 0 radical (unpaired) electrons. The van der Waals surface area contributed by atoms with E-state index in [0.717, 1.165) is 35.4 Å². The third-order valence-electron chi connectivity index (χ3n) is 6.94. The number of rotatable bonds is 4. The van der Waals surface area contributed by atoms with Gasteiger partial charge >= 0.3 is 0 Å². The fourth-order valence-electron chi connectivity index (χ4n) is 4.66. The summed E-state index contributed by atoms with van der Waals surface area (Å²) in [4.78, 5) is 4.90. The molecular formula is C27H37NO. The lowest BCUT2D eigenvalue weighted by atomic mass is 9.71. The molecule has 1 aliphatic rings. The first-order valence-corrected chi connectivity index (χ1v) is 11.0. The van der Waals surface area contributed by atoms with E-state index in [9.17, 15) is 5.11 Å². The lowest BCUT2D eigenvalue weighted by molar-refractivity contribution is 0.170. The zero-order chi connectivity index (χ0) is 21.2. The van der Waals surface area contributed by atoms with Gasteiger partial charge in [-0.05, 0) is 55.1 Å². The van der Waals surface area contributed by atoms with Gasteiger partial charge in [-0.15, -0.1) is 0 Å². The Bertz CT molecular complexity index is 850. The number of hydrogen-bond donors (Lipinski definition) is 1. The molecule has 0 atom stereocenters. The molecule has 2 nitrogen and oxygen atoms in total. The van der Waals surface area contributed by atoms with Gasteiger partial charge in [-0.25, -0.2) is 0 Å². The molecule has 0 amide bonds. The number of phenolic OH excluding ortho intramolecular Hbond substituents is 1. The summed E-state index contributed by atoms with van der Waals surface area (Å²) < 4.78 is 0. The van der Waals surface area contributed by atoms with Gasteiger partial charge < -0.3 is 5.11 Å². The highest BCUT2D eigenvalue weighted by Crippen LogP contribution is 2.40. The zero-order valence-electron chi connectivity index (χ0n) is 19.0. The highest BCUT2D eigenvalue weighted by atomic mass is 16.3. The Kier molecular flexibility index (Phi) is 6.22. The van der Waals surface area contributed by atoms with Crippen LogP contribution in [0.5, 0.6) is 5.75 Å². The predicted octanol–water partition coefficient (Wildman–Crippen LogP) is 7.05. The van der Waals surface area contributed by atoms with Crippen LogP contribution in [-0.2, 0) is 5.41 Å². The number of aryl methyl sites for hydroxylation is 1. The van der Waals surface area contributed by atoms with E-state index in [0.29, 0.717) is 17.2 Å². The van der Waals surface area contributed by atoms with Crippen molar-refractivity contribution in [1.29, 1.82) is 0 Å². The van der Waals surface area contributed by atoms with E-state index in [1.807, 2.05) is 12.3 Å². The number of aromatic hydroxyl groups is 1. The van der Waals surface area contributed by atoms with Gasteiger partial charge in [0.25, 0.3) is 0 Å². The summed E-state index contributed by atoms with van der Waals surface area (Å²) in [5.41, 5.74) is 4.20. The summed E-state index contributed by atoms with van der Waals surface area (Å²) >= 11 is 0. The van der Waals surface area contributed by atoms with E-state index in [-0.39, 0.29) is 5.41 Å². The van der Waals surface area contributed by atoms with Crippen LogP contribution in [0.1, 0.15) is 82.6 Å². The standard InChI is InChI=1S/C27H37NO/c1-19-12-17-24(27(5,6)21-10-8-7-9-11-21)25(29)23(19)18-28-22-15-13-20(14-16-22)26(2,3)4/h7-12,17-18,20,22,29H,13-16H2,1-6H3. The molecule has 0 aliphatic heterocycles. The van der Waals surface area contributed by atoms with Crippen LogP contribution >= 0.6 is 0 Å². The average molecular weight is 392 g/mol. The molecule has 156 valence electrons. The lowest BCUT2D eigenvalue weighted by Crippen LogP contribution is -2.27. The second-order valence-corrected chi connectivity index (χ2v) is 10.3. The zero-order valence-corrected chi connectivity index (χ0v) is 19.0. The Labute approximate surface area is 177 Å². The van der Waals surface area contributed by atoms with Crippen molar-refractivity contribution in [1.82, 2.24) is 0 Å². The molecule has 3 rings (SSSR count). The van der Waals surface area contributed by atoms with E-state index in [1.165, 1.54) is 18.4 Å². The smallest absolute Gasteiger partial charge is 0.128 e. The molecule has 0 heterocycles. The maximum atomic E-state index is 11.2. The summed E-state index contributed by atoms with van der Waals surface area (Å²) in [6.45, 7) is 13.4. The average Bonchev–Trinajstić information content (AvgIpc) is 2.68. The highest BCUT2D eigenvalue weighted by molar-refractivity contribution is 5.86. The van der Waals surface area contributed by atoms with Crippen LogP contribution < -0.4 is 0 Å². The summed E-state index contributed by atoms with van der Waals surface area (Å²) in [5.74, 6) is 1.16. The maximum absolute atomic E-state index is 11.2. The first-order chi connectivity index (χ1) is 13.6. The van der Waals surface area contributed by atoms with Crippen LogP contribution in [0.3, 0.4) is 0 Å². The second kappa shape index (κ2) is 8.34. The Morgan fingerprint density at radius 3 is 2.10 bits per heavy atom. The monoisotopic (exact) mass is 391 g/mol. The molecule has 0 bridgehead atoms. The lowest BCUT2D eigenvalue weighted by Gasteiger charge is -2.35. The molecule has 1 N–H and O–H groups in total. The van der Waals surface area contributed by atoms with Crippen molar-refractivity contribution in [2.24, 2.45) is 16.3 Å². The van der Waals surface area contributed by atoms with Crippen LogP contribution in [0.25, 0.3) is 0 Å². The Balaban J connectivity index is 1.82. The summed E-state index contributed by atoms with van der Waals surface area (Å²) in [5, 5.41) is 11.2. The Morgan fingerprint density at radius 1 is 0.897 bits per heavy atom. The molecule has 1 aliphatic carbocycles. The van der Waals surface area contributed by atoms with Gasteiger partial charge in [-0.1, -0.05) is 77.1 Å². The first kappa shape index (κ1) is 21.6. The van der Waals surface area contributed by atoms with Crippen LogP contribution in [-0.4, -0.2) is 17.4 Å². The van der Waals surface area contributed by atoms with Gasteiger partial charge in [0.2, 0.25) is 0 Å². The van der Waals surface area contributed by atoms with E-state index < -0.39 is 0 Å². The third kappa shape index (κ3) is 4.74. The minimum atomic E-state index is -0.271. The van der Waals surface area contributed by atoms with E-state index in [1.54, 1.807) is 0 Å². The quantitative estimate of drug-likeness (QED) is 0.556. The minimum absolute atomic E-state index is 0.271. The van der Waals surface area contributed by atoms with Crippen LogP contribution in [0.15, 0.2) is 47.5 Å². The molecular weight excluding hydrogens is 354 g/mol. The van der Waals surface area contributed by atoms with Crippen molar-refractivity contribution in [2.75, 3.05) is 0 Å². The van der Waals surface area contributed by atoms with Gasteiger partial charge in [0.15, 0.2) is 0 Å². The van der Waals surface area contributed by atoms with Gasteiger partial charge in [-0.2, -0.15) is 0 Å². The number of aliphatic imine (C=N–C) groups is 1. The maximum Gasteiger partial charge on any atom is 0.128 e. The largest absolute Gasteiger partial charge is 0.507 e. The molecule has 0 spiro atoms. The van der Waals surface area contributed by atoms with E-state index >= 15 is 0 Å². The SMILES string of the molecule is Cc1ccc(C(C)(C)c2ccccc2)c(O)c1C=NC1CCC(C(C)(C)C)CC1. The highest BCUT2D eigenvalue weighted by Gasteiger charge is 2.30. The van der Waals surface area contributed by atoms with Crippen LogP contribution in [0.2, 0.25) is 0 Å². The number of benzene rings is 2. The summed E-state index contributed by atoms with van der Waals surface area (Å²) in [6, 6.07) is 14.9. The van der Waals surface area contributed by atoms with Crippen LogP contribution in [0.4, 0.5) is 0 Å². The van der Waals surface area contributed by atoms with Crippen molar-refractivity contribution >= 4 is 6.21 Å². The minimum Gasteiger partial charge on any atom is -0.507 e. The molecule has 2 aromatic carbocycles. The molecule has 1 fully saturated rings. The molecule has 1 saturated carbocycles. The molecule has 2 aromatic rings.